The molecule has 0 aromatic carbocycles. The molecule has 0 aliphatic rings. The fraction of sp³-hybridized carbons (Fsp3) is 0.273. The van der Waals surface area contributed by atoms with Gasteiger partial charge < -0.3 is 9.84 Å². The van der Waals surface area contributed by atoms with Crippen molar-refractivity contribution in [2.45, 2.75) is 6.42 Å². The largest absolute Gasteiger partial charge is 0.481 e. The van der Waals surface area contributed by atoms with Crippen molar-refractivity contribution in [3.05, 3.63) is 37.5 Å². The smallest absolute Gasteiger partial charge is 0.394 e. The number of ether oxygens (including phenoxy) is 1. The zero-order chi connectivity index (χ0) is 16.3. The summed E-state index contributed by atoms with van der Waals surface area (Å²) >= 11 is 0. The van der Waals surface area contributed by atoms with Gasteiger partial charge in [-0.2, -0.15) is 8.42 Å². The fourth-order valence-electron chi connectivity index (χ4n) is 0.928. The van der Waals surface area contributed by atoms with E-state index in [0.29, 0.717) is 0 Å². The number of carboxylic acid groups (broad SMARTS) is 1. The predicted molar refractivity (Wildman–Crippen MR) is 70.4 cm³/mol. The van der Waals surface area contributed by atoms with Gasteiger partial charge in [0.1, 0.15) is 6.61 Å². The van der Waals surface area contributed by atoms with E-state index in [1.54, 1.807) is 0 Å². The fourth-order valence-corrected chi connectivity index (χ4v) is 0.928. The quantitative estimate of drug-likeness (QED) is 0.273. The highest BCUT2D eigenvalue weighted by Crippen LogP contribution is 2.16. The molecule has 0 amide bonds. The zero-order valence-electron chi connectivity index (χ0n) is 10.6. The Balaban J connectivity index is 0. The van der Waals surface area contributed by atoms with E-state index in [1.807, 2.05) is 0 Å². The number of carbonyl (C=O) groups is 2. The second-order valence-corrected chi connectivity index (χ2v) is 4.17. The number of hydrogen-bond acceptors (Lipinski definition) is 5. The Morgan fingerprint density at radius 3 is 1.95 bits per heavy atom. The summed E-state index contributed by atoms with van der Waals surface area (Å²) in [6, 6.07) is 0. The molecule has 0 saturated heterocycles. The summed E-state index contributed by atoms with van der Waals surface area (Å²) < 4.78 is 36.3. The van der Waals surface area contributed by atoms with E-state index < -0.39 is 28.3 Å². The molecule has 0 radical (unpaired) electrons. The molecular weight excluding hydrogens is 292 g/mol. The molecule has 1 unspecified atom stereocenters. The van der Waals surface area contributed by atoms with E-state index in [2.05, 4.69) is 24.5 Å². The van der Waals surface area contributed by atoms with Gasteiger partial charge in [0.05, 0.1) is 5.92 Å². The van der Waals surface area contributed by atoms with Gasteiger partial charge in [-0.3, -0.25) is 13.9 Å². The lowest BCUT2D eigenvalue weighted by Crippen LogP contribution is -2.22. The average molecular weight is 308 g/mol. The molecule has 0 saturated carbocycles. The van der Waals surface area contributed by atoms with E-state index in [0.717, 1.165) is 0 Å². The Labute approximate surface area is 116 Å². The molecule has 0 aromatic rings. The van der Waals surface area contributed by atoms with Crippen LogP contribution < -0.4 is 0 Å². The van der Waals surface area contributed by atoms with Gasteiger partial charge in [-0.25, -0.2) is 4.79 Å². The van der Waals surface area contributed by atoms with Crippen LogP contribution in [0.2, 0.25) is 0 Å². The maximum absolute atomic E-state index is 11.3. The van der Waals surface area contributed by atoms with Crippen molar-refractivity contribution < 1.29 is 37.0 Å². The zero-order valence-corrected chi connectivity index (χ0v) is 11.4. The van der Waals surface area contributed by atoms with Crippen LogP contribution >= 0.6 is 0 Å². The lowest BCUT2D eigenvalue weighted by Gasteiger charge is -2.11. The van der Waals surface area contributed by atoms with E-state index in [-0.39, 0.29) is 18.6 Å². The third kappa shape index (κ3) is 12.5. The van der Waals surface area contributed by atoms with E-state index in [4.69, 9.17) is 22.6 Å². The summed E-state index contributed by atoms with van der Waals surface area (Å²) in [6.45, 7) is 10.2. The van der Waals surface area contributed by atoms with Crippen LogP contribution in [0.3, 0.4) is 0 Å². The molecule has 0 aliphatic heterocycles. The van der Waals surface area contributed by atoms with E-state index >= 15 is 0 Å². The second-order valence-electron chi connectivity index (χ2n) is 3.28. The number of carboxylic acids is 1. The van der Waals surface area contributed by atoms with Gasteiger partial charge in [0.25, 0.3) is 0 Å². The third-order valence-electron chi connectivity index (χ3n) is 1.72. The van der Waals surface area contributed by atoms with Crippen molar-refractivity contribution in [1.82, 2.24) is 0 Å². The maximum atomic E-state index is 11.3. The molecule has 0 spiro atoms. The molecule has 3 N–H and O–H groups in total. The van der Waals surface area contributed by atoms with Crippen molar-refractivity contribution >= 4 is 22.3 Å². The first-order valence-electron chi connectivity index (χ1n) is 5.05. The van der Waals surface area contributed by atoms with Gasteiger partial charge in [-0.15, -0.1) is 6.58 Å². The monoisotopic (exact) mass is 308 g/mol. The lowest BCUT2D eigenvalue weighted by atomic mass is 9.97. The van der Waals surface area contributed by atoms with E-state index in [9.17, 15) is 9.59 Å². The normalized spacial score (nSPS) is 11.3. The molecule has 0 bridgehead atoms. The Morgan fingerprint density at radius 1 is 1.20 bits per heavy atom. The topological polar surface area (TPSA) is 138 Å². The van der Waals surface area contributed by atoms with Gasteiger partial charge in [-0.1, -0.05) is 25.3 Å². The maximum Gasteiger partial charge on any atom is 0.394 e. The molecule has 0 aromatic heterocycles. The minimum absolute atomic E-state index is 0.0400. The van der Waals surface area contributed by atoms with Gasteiger partial charge >= 0.3 is 22.3 Å². The first-order valence-corrected chi connectivity index (χ1v) is 6.44. The van der Waals surface area contributed by atoms with Crippen LogP contribution in [0.25, 0.3) is 0 Å². The standard InChI is InChI=1S/C11H14O4.H2O4S/c1-4-6-9(10(12)13)8(3)11(14)15-7-5-2;1-5(2,3)4/h4-5,9H,1-3,6-7H2,(H,12,13);(H2,1,2,3,4). The lowest BCUT2D eigenvalue weighted by molar-refractivity contribution is -0.145. The molecule has 9 heteroatoms. The van der Waals surface area contributed by atoms with Crippen LogP contribution in [0.15, 0.2) is 37.5 Å². The third-order valence-corrected chi connectivity index (χ3v) is 1.72. The molecule has 20 heavy (non-hydrogen) atoms. The van der Waals surface area contributed by atoms with Crippen LogP contribution in [0, 0.1) is 5.92 Å². The predicted octanol–water partition coefficient (Wildman–Crippen LogP) is 0.896. The van der Waals surface area contributed by atoms with Gasteiger partial charge in [0.15, 0.2) is 0 Å². The molecule has 0 fully saturated rings. The van der Waals surface area contributed by atoms with Gasteiger partial charge in [0.2, 0.25) is 0 Å². The summed E-state index contributed by atoms with van der Waals surface area (Å²) in [4.78, 5) is 22.0. The number of aliphatic carboxylic acids is 1. The van der Waals surface area contributed by atoms with Crippen molar-refractivity contribution in [1.29, 1.82) is 0 Å². The van der Waals surface area contributed by atoms with Crippen LogP contribution in [-0.4, -0.2) is 41.2 Å². The van der Waals surface area contributed by atoms with Crippen molar-refractivity contribution in [3.8, 4) is 0 Å². The van der Waals surface area contributed by atoms with Crippen molar-refractivity contribution in [2.24, 2.45) is 5.92 Å². The summed E-state index contributed by atoms with van der Waals surface area (Å²) in [5.41, 5.74) is -0.0794. The molecule has 114 valence electrons. The summed E-state index contributed by atoms with van der Waals surface area (Å²) in [7, 11) is -4.67. The Kier molecular flexibility index (Phi) is 10.1. The highest BCUT2D eigenvalue weighted by Gasteiger charge is 2.25. The summed E-state index contributed by atoms with van der Waals surface area (Å²) in [5, 5.41) is 8.81. The Bertz CT molecular complexity index is 469. The highest BCUT2D eigenvalue weighted by molar-refractivity contribution is 7.79. The van der Waals surface area contributed by atoms with Gasteiger partial charge in [0, 0.05) is 5.57 Å². The van der Waals surface area contributed by atoms with Crippen LogP contribution in [0.4, 0.5) is 0 Å². The molecule has 8 nitrogen and oxygen atoms in total. The highest BCUT2D eigenvalue weighted by atomic mass is 32.3. The van der Waals surface area contributed by atoms with Crippen LogP contribution in [-0.2, 0) is 24.7 Å². The molecule has 0 aliphatic carbocycles. The van der Waals surface area contributed by atoms with Crippen molar-refractivity contribution in [2.75, 3.05) is 6.61 Å². The average Bonchev–Trinajstić information content (AvgIpc) is 2.29. The number of hydrogen-bond donors (Lipinski definition) is 3. The molecule has 1 atom stereocenters. The Hall–Kier alpha value is -1.97. The number of esters is 1. The first kappa shape index (κ1) is 20.3. The number of allylic oxidation sites excluding steroid dienone is 1. The number of carbonyl (C=O) groups excluding carboxylic acids is 1. The first-order chi connectivity index (χ1) is 9.04. The second kappa shape index (κ2) is 9.89. The molecule has 0 rings (SSSR count). The van der Waals surface area contributed by atoms with Crippen LogP contribution in [0.5, 0.6) is 0 Å². The molecule has 0 heterocycles. The van der Waals surface area contributed by atoms with Crippen molar-refractivity contribution in [3.63, 3.8) is 0 Å². The Morgan fingerprint density at radius 2 is 1.65 bits per heavy atom. The minimum atomic E-state index is -4.67. The minimum Gasteiger partial charge on any atom is -0.481 e. The van der Waals surface area contributed by atoms with E-state index in [1.165, 1.54) is 12.2 Å². The van der Waals surface area contributed by atoms with Crippen LogP contribution in [0.1, 0.15) is 6.42 Å². The van der Waals surface area contributed by atoms with Gasteiger partial charge in [-0.05, 0) is 6.42 Å². The molecular formula is C11H16O8S. The summed E-state index contributed by atoms with van der Waals surface area (Å²) in [6.07, 6.45) is 2.97. The SMILES string of the molecule is C=CCOC(=O)C(=C)C(CC=C)C(=O)O.O=S(=O)(O)O. The summed E-state index contributed by atoms with van der Waals surface area (Å²) in [5.74, 6) is -2.81. The number of rotatable bonds is 7.